The highest BCUT2D eigenvalue weighted by molar-refractivity contribution is 7.14. The number of non-ortho nitro benzene ring substituents is 1. The minimum atomic E-state index is -0.400. The molecule has 1 aromatic heterocycles. The molecule has 3 aromatic carbocycles. The van der Waals surface area contributed by atoms with Gasteiger partial charge in [-0.15, -0.1) is 17.9 Å². The Kier molecular flexibility index (Phi) is 4.87. The molecule has 0 saturated heterocycles. The summed E-state index contributed by atoms with van der Waals surface area (Å²) in [4.78, 5) is 17.4. The highest BCUT2D eigenvalue weighted by atomic mass is 32.1. The molecule has 0 aliphatic rings. The summed E-state index contributed by atoms with van der Waals surface area (Å²) in [5, 5.41) is 16.0. The van der Waals surface area contributed by atoms with Gasteiger partial charge in [0.1, 0.15) is 0 Å². The zero-order chi connectivity index (χ0) is 19.5. The molecule has 5 nitrogen and oxygen atoms in total. The fourth-order valence-corrected chi connectivity index (χ4v) is 3.98. The van der Waals surface area contributed by atoms with Crippen LogP contribution in [0.15, 0.2) is 84.8 Å². The third-order valence-corrected chi connectivity index (χ3v) is 5.33. The number of fused-ring (bicyclic) bond motifs is 1. The fourth-order valence-electron chi connectivity index (χ4n) is 3.13. The van der Waals surface area contributed by atoms with Gasteiger partial charge in [0.05, 0.1) is 16.3 Å². The summed E-state index contributed by atoms with van der Waals surface area (Å²) in [7, 11) is 0. The van der Waals surface area contributed by atoms with Crippen molar-refractivity contribution in [3.63, 3.8) is 0 Å². The average molecular weight is 387 g/mol. The number of nitro benzene ring substituents is 1. The van der Waals surface area contributed by atoms with Crippen molar-refractivity contribution in [1.29, 1.82) is 0 Å². The molecule has 4 rings (SSSR count). The molecule has 1 heterocycles. The van der Waals surface area contributed by atoms with Crippen molar-refractivity contribution in [3.05, 3.63) is 94.9 Å². The predicted octanol–water partition coefficient (Wildman–Crippen LogP) is 6.20. The molecule has 0 amide bonds. The lowest BCUT2D eigenvalue weighted by Gasteiger charge is -2.22. The molecule has 0 unspecified atom stereocenters. The number of hydrogen-bond donors (Lipinski definition) is 0. The number of hydrogen-bond acceptors (Lipinski definition) is 5. The Balaban J connectivity index is 1.73. The lowest BCUT2D eigenvalue weighted by atomic mass is 10.1. The van der Waals surface area contributed by atoms with E-state index in [0.717, 1.165) is 27.5 Å². The molecule has 0 aliphatic carbocycles. The molecule has 0 spiro atoms. The van der Waals surface area contributed by atoms with E-state index in [4.69, 9.17) is 4.98 Å². The van der Waals surface area contributed by atoms with Crippen molar-refractivity contribution in [1.82, 2.24) is 4.98 Å². The third kappa shape index (κ3) is 3.37. The van der Waals surface area contributed by atoms with Gasteiger partial charge >= 0.3 is 0 Å². The summed E-state index contributed by atoms with van der Waals surface area (Å²) >= 11 is 1.54. The number of aromatic nitrogens is 1. The van der Waals surface area contributed by atoms with Crippen LogP contribution in [0.5, 0.6) is 0 Å². The van der Waals surface area contributed by atoms with Gasteiger partial charge in [-0.2, -0.15) is 0 Å². The molecule has 0 saturated carbocycles. The van der Waals surface area contributed by atoms with Crippen LogP contribution in [0.25, 0.3) is 22.0 Å². The van der Waals surface area contributed by atoms with E-state index >= 15 is 0 Å². The smallest absolute Gasteiger partial charge is 0.269 e. The first-order valence-electron chi connectivity index (χ1n) is 8.74. The monoisotopic (exact) mass is 387 g/mol. The van der Waals surface area contributed by atoms with Crippen LogP contribution in [0, 0.1) is 10.1 Å². The summed E-state index contributed by atoms with van der Waals surface area (Å²) in [5.41, 5.74) is 2.79. The number of anilines is 2. The fraction of sp³-hybridized carbons (Fsp3) is 0.0455. The molecule has 0 aliphatic heterocycles. The van der Waals surface area contributed by atoms with Crippen molar-refractivity contribution in [2.75, 3.05) is 11.4 Å². The van der Waals surface area contributed by atoms with E-state index in [0.29, 0.717) is 6.54 Å². The largest absolute Gasteiger partial charge is 0.313 e. The Morgan fingerprint density at radius 3 is 2.57 bits per heavy atom. The minimum absolute atomic E-state index is 0.0724. The first-order chi connectivity index (χ1) is 13.7. The Morgan fingerprint density at radius 2 is 1.82 bits per heavy atom. The zero-order valence-electron chi connectivity index (χ0n) is 15.0. The summed E-state index contributed by atoms with van der Waals surface area (Å²) in [6.07, 6.45) is 1.86. The Labute approximate surface area is 166 Å². The van der Waals surface area contributed by atoms with Crippen LogP contribution in [-0.4, -0.2) is 16.5 Å². The Bertz CT molecular complexity index is 1150. The molecule has 0 N–H and O–H groups in total. The molecule has 28 heavy (non-hydrogen) atoms. The Morgan fingerprint density at radius 1 is 1.07 bits per heavy atom. The standard InChI is InChI=1S/C22H17N3O2S/c1-2-14-24(21-9-5-7-16-6-3-4-8-19(16)21)22-23-20(15-28-22)17-10-12-18(13-11-17)25(26)27/h2-13,15H,1,14H2. The molecule has 0 atom stereocenters. The van der Waals surface area contributed by atoms with Crippen LogP contribution < -0.4 is 4.90 Å². The molecular weight excluding hydrogens is 370 g/mol. The molecule has 0 radical (unpaired) electrons. The van der Waals surface area contributed by atoms with Gasteiger partial charge in [0.25, 0.3) is 5.69 Å². The third-order valence-electron chi connectivity index (χ3n) is 4.47. The maximum absolute atomic E-state index is 10.9. The lowest BCUT2D eigenvalue weighted by molar-refractivity contribution is -0.384. The van der Waals surface area contributed by atoms with Crippen LogP contribution in [0.4, 0.5) is 16.5 Å². The number of thiazole rings is 1. The second-order valence-electron chi connectivity index (χ2n) is 6.22. The van der Waals surface area contributed by atoms with Gasteiger partial charge in [-0.25, -0.2) is 4.98 Å². The average Bonchev–Trinajstić information content (AvgIpc) is 3.22. The molecule has 0 fully saturated rings. The Hall–Kier alpha value is -3.51. The quantitative estimate of drug-likeness (QED) is 0.225. The van der Waals surface area contributed by atoms with Crippen molar-refractivity contribution in [3.8, 4) is 11.3 Å². The van der Waals surface area contributed by atoms with Gasteiger partial charge in [-0.05, 0) is 23.6 Å². The summed E-state index contributed by atoms with van der Waals surface area (Å²) in [6.45, 7) is 4.52. The van der Waals surface area contributed by atoms with Gasteiger partial charge in [0.15, 0.2) is 5.13 Å². The maximum Gasteiger partial charge on any atom is 0.269 e. The van der Waals surface area contributed by atoms with Gasteiger partial charge in [-0.1, -0.05) is 42.5 Å². The van der Waals surface area contributed by atoms with Gasteiger partial charge in [0.2, 0.25) is 0 Å². The molecular formula is C22H17N3O2S. The number of nitro groups is 1. The summed E-state index contributed by atoms with van der Waals surface area (Å²) < 4.78 is 0. The predicted molar refractivity (Wildman–Crippen MR) is 115 cm³/mol. The van der Waals surface area contributed by atoms with E-state index in [1.54, 1.807) is 12.1 Å². The van der Waals surface area contributed by atoms with Gasteiger partial charge in [-0.3, -0.25) is 10.1 Å². The van der Waals surface area contributed by atoms with E-state index in [-0.39, 0.29) is 5.69 Å². The van der Waals surface area contributed by atoms with Crippen LogP contribution >= 0.6 is 11.3 Å². The normalized spacial score (nSPS) is 10.7. The second kappa shape index (κ2) is 7.62. The maximum atomic E-state index is 10.9. The summed E-state index contributed by atoms with van der Waals surface area (Å²) in [5.74, 6) is 0. The topological polar surface area (TPSA) is 59.3 Å². The van der Waals surface area contributed by atoms with Crippen LogP contribution in [-0.2, 0) is 0 Å². The van der Waals surface area contributed by atoms with Crippen LogP contribution in [0.1, 0.15) is 0 Å². The van der Waals surface area contributed by atoms with E-state index in [1.165, 1.54) is 28.9 Å². The molecule has 0 bridgehead atoms. The first-order valence-corrected chi connectivity index (χ1v) is 9.62. The van der Waals surface area contributed by atoms with Crippen molar-refractivity contribution in [2.45, 2.75) is 0 Å². The lowest BCUT2D eigenvalue weighted by Crippen LogP contribution is -2.16. The van der Waals surface area contributed by atoms with Crippen molar-refractivity contribution in [2.24, 2.45) is 0 Å². The minimum Gasteiger partial charge on any atom is -0.313 e. The molecule has 6 heteroatoms. The van der Waals surface area contributed by atoms with Crippen molar-refractivity contribution >= 4 is 38.6 Å². The van der Waals surface area contributed by atoms with Gasteiger partial charge in [0, 0.05) is 35.0 Å². The van der Waals surface area contributed by atoms with Gasteiger partial charge < -0.3 is 4.90 Å². The first kappa shape index (κ1) is 17.9. The summed E-state index contributed by atoms with van der Waals surface area (Å²) in [6, 6.07) is 20.9. The number of nitrogens with zero attached hydrogens (tertiary/aromatic N) is 3. The zero-order valence-corrected chi connectivity index (χ0v) is 15.8. The molecule has 138 valence electrons. The number of rotatable bonds is 6. The SMILES string of the molecule is C=CCN(c1nc(-c2ccc([N+](=O)[O-])cc2)cs1)c1cccc2ccccc12. The molecule has 4 aromatic rings. The van der Waals surface area contributed by atoms with E-state index in [1.807, 2.05) is 29.7 Å². The highest BCUT2D eigenvalue weighted by Gasteiger charge is 2.16. The second-order valence-corrected chi connectivity index (χ2v) is 7.05. The highest BCUT2D eigenvalue weighted by Crippen LogP contribution is 2.36. The van der Waals surface area contributed by atoms with Crippen molar-refractivity contribution < 1.29 is 4.92 Å². The van der Waals surface area contributed by atoms with Crippen LogP contribution in [0.3, 0.4) is 0 Å². The van der Waals surface area contributed by atoms with E-state index in [2.05, 4.69) is 35.7 Å². The van der Waals surface area contributed by atoms with Crippen LogP contribution in [0.2, 0.25) is 0 Å². The number of benzene rings is 3. The van der Waals surface area contributed by atoms with E-state index in [9.17, 15) is 10.1 Å². The van der Waals surface area contributed by atoms with E-state index < -0.39 is 4.92 Å².